The number of hydrogen-bond acceptors (Lipinski definition) is 6. The molecule has 0 aliphatic carbocycles. The summed E-state index contributed by atoms with van der Waals surface area (Å²) in [5.74, 6) is -0.753. The fourth-order valence-corrected chi connectivity index (χ4v) is 5.03. The second kappa shape index (κ2) is 11.0. The van der Waals surface area contributed by atoms with Crippen LogP contribution < -0.4 is 0 Å². The molecule has 1 fully saturated rings. The molecule has 0 bridgehead atoms. The van der Waals surface area contributed by atoms with Gasteiger partial charge in [-0.05, 0) is 52.8 Å². The summed E-state index contributed by atoms with van der Waals surface area (Å²) in [6.07, 6.45) is 1.68. The second-order valence-corrected chi connectivity index (χ2v) is 10.9. The van der Waals surface area contributed by atoms with E-state index in [0.29, 0.717) is 6.42 Å². The van der Waals surface area contributed by atoms with Gasteiger partial charge in [-0.15, -0.1) is 11.8 Å². The van der Waals surface area contributed by atoms with Gasteiger partial charge in [0.15, 0.2) is 0 Å². The Bertz CT molecular complexity index is 1010. The lowest BCUT2D eigenvalue weighted by Crippen LogP contribution is -2.45. The quantitative estimate of drug-likeness (QED) is 0.476. The van der Waals surface area contributed by atoms with Crippen LogP contribution in [0.2, 0.25) is 0 Å². The van der Waals surface area contributed by atoms with E-state index in [1.807, 2.05) is 12.3 Å². The Morgan fingerprint density at radius 3 is 2.18 bits per heavy atom. The fraction of sp³-hybridized carbons (Fsp3) is 0.500. The van der Waals surface area contributed by atoms with E-state index in [4.69, 9.17) is 14.2 Å². The number of thioether (sulfide) groups is 1. The molecule has 1 aliphatic heterocycles. The molecule has 4 atom stereocenters. The van der Waals surface area contributed by atoms with Gasteiger partial charge in [-0.3, -0.25) is 9.59 Å². The lowest BCUT2D eigenvalue weighted by molar-refractivity contribution is -0.188. The molecule has 2 aromatic carbocycles. The standard InChI is InChI=1S/C28H36O5S/c1-17-8-11-21(15-22(17)14-20-9-12-23(13-10-20)28(4,5)6)26-24(31-18(2)29)16-25(32-19(3)30)27(33-26)34-7/h8-13,15,24-27H,14,16H2,1-7H3/t24-,25+,26+,27-/m1/s1. The highest BCUT2D eigenvalue weighted by Gasteiger charge is 2.42. The van der Waals surface area contributed by atoms with Gasteiger partial charge in [0.25, 0.3) is 0 Å². The topological polar surface area (TPSA) is 61.8 Å². The van der Waals surface area contributed by atoms with Crippen molar-refractivity contribution < 1.29 is 23.8 Å². The van der Waals surface area contributed by atoms with Crippen LogP contribution in [0.25, 0.3) is 0 Å². The summed E-state index contributed by atoms with van der Waals surface area (Å²) in [6, 6.07) is 15.1. The van der Waals surface area contributed by atoms with Crippen LogP contribution in [-0.2, 0) is 35.6 Å². The third-order valence-electron chi connectivity index (χ3n) is 6.17. The largest absolute Gasteiger partial charge is 0.459 e. The average Bonchev–Trinajstić information content (AvgIpc) is 2.74. The van der Waals surface area contributed by atoms with E-state index in [0.717, 1.165) is 12.0 Å². The van der Waals surface area contributed by atoms with E-state index < -0.39 is 18.3 Å². The summed E-state index contributed by atoms with van der Waals surface area (Å²) in [4.78, 5) is 23.4. The monoisotopic (exact) mass is 484 g/mol. The van der Waals surface area contributed by atoms with Crippen LogP contribution in [0.1, 0.15) is 75.0 Å². The minimum absolute atomic E-state index is 0.121. The Morgan fingerprint density at radius 2 is 1.62 bits per heavy atom. The molecule has 34 heavy (non-hydrogen) atoms. The van der Waals surface area contributed by atoms with E-state index in [-0.39, 0.29) is 22.8 Å². The van der Waals surface area contributed by atoms with Crippen molar-refractivity contribution in [2.45, 2.75) is 83.5 Å². The smallest absolute Gasteiger partial charge is 0.303 e. The van der Waals surface area contributed by atoms with Crippen LogP contribution in [0.3, 0.4) is 0 Å². The number of aryl methyl sites for hydroxylation is 1. The highest BCUT2D eigenvalue weighted by Crippen LogP contribution is 2.39. The molecule has 3 rings (SSSR count). The third kappa shape index (κ3) is 6.63. The Morgan fingerprint density at radius 1 is 1.00 bits per heavy atom. The minimum Gasteiger partial charge on any atom is -0.459 e. The molecule has 5 nitrogen and oxygen atoms in total. The van der Waals surface area contributed by atoms with Crippen molar-refractivity contribution in [3.63, 3.8) is 0 Å². The summed E-state index contributed by atoms with van der Waals surface area (Å²) < 4.78 is 17.5. The van der Waals surface area contributed by atoms with Gasteiger partial charge in [-0.1, -0.05) is 63.2 Å². The molecular formula is C28H36O5S. The number of rotatable bonds is 6. The zero-order valence-corrected chi connectivity index (χ0v) is 22.0. The molecule has 6 heteroatoms. The first-order valence-electron chi connectivity index (χ1n) is 11.7. The number of esters is 2. The van der Waals surface area contributed by atoms with Gasteiger partial charge in [0, 0.05) is 20.3 Å². The van der Waals surface area contributed by atoms with Crippen molar-refractivity contribution >= 4 is 23.7 Å². The molecule has 1 saturated heterocycles. The van der Waals surface area contributed by atoms with E-state index in [1.165, 1.54) is 47.9 Å². The molecule has 0 N–H and O–H groups in total. The molecule has 1 heterocycles. The third-order valence-corrected chi connectivity index (χ3v) is 7.05. The zero-order valence-electron chi connectivity index (χ0n) is 21.2. The maximum absolute atomic E-state index is 11.8. The molecule has 2 aromatic rings. The highest BCUT2D eigenvalue weighted by atomic mass is 32.2. The number of benzene rings is 2. The van der Waals surface area contributed by atoms with Crippen LogP contribution in [0.4, 0.5) is 0 Å². The number of hydrogen-bond donors (Lipinski definition) is 0. The van der Waals surface area contributed by atoms with Crippen LogP contribution >= 0.6 is 11.8 Å². The summed E-state index contributed by atoms with van der Waals surface area (Å²) in [7, 11) is 0. The summed E-state index contributed by atoms with van der Waals surface area (Å²) in [6.45, 7) is 11.5. The van der Waals surface area contributed by atoms with Gasteiger partial charge in [-0.25, -0.2) is 0 Å². The lowest BCUT2D eigenvalue weighted by Gasteiger charge is -2.40. The first-order chi connectivity index (χ1) is 16.0. The Hall–Kier alpha value is -2.31. The SMILES string of the molecule is CS[C@H]1O[C@@H](c2ccc(C)c(Cc3ccc(C(C)(C)C)cc3)c2)[C@H](OC(C)=O)C[C@@H]1OC(C)=O. The van der Waals surface area contributed by atoms with Crippen molar-refractivity contribution in [1.82, 2.24) is 0 Å². The van der Waals surface area contributed by atoms with Crippen molar-refractivity contribution in [2.75, 3.05) is 6.26 Å². The molecule has 0 radical (unpaired) electrons. The van der Waals surface area contributed by atoms with Gasteiger partial charge in [0.05, 0.1) is 0 Å². The Balaban J connectivity index is 1.88. The molecule has 0 amide bonds. The maximum atomic E-state index is 11.8. The maximum Gasteiger partial charge on any atom is 0.303 e. The highest BCUT2D eigenvalue weighted by molar-refractivity contribution is 7.99. The summed E-state index contributed by atoms with van der Waals surface area (Å²) in [5, 5.41) is 0. The first-order valence-corrected chi connectivity index (χ1v) is 13.0. The number of carbonyl (C=O) groups is 2. The molecule has 0 saturated carbocycles. The van der Waals surface area contributed by atoms with Crippen molar-refractivity contribution in [2.24, 2.45) is 0 Å². The average molecular weight is 485 g/mol. The van der Waals surface area contributed by atoms with E-state index in [9.17, 15) is 9.59 Å². The summed E-state index contributed by atoms with van der Waals surface area (Å²) in [5.41, 5.74) is 5.69. The van der Waals surface area contributed by atoms with E-state index >= 15 is 0 Å². The van der Waals surface area contributed by atoms with Crippen LogP contribution in [-0.4, -0.2) is 35.8 Å². The molecule has 1 aliphatic rings. The first kappa shape index (κ1) is 26.3. The van der Waals surface area contributed by atoms with Gasteiger partial charge < -0.3 is 14.2 Å². The zero-order chi connectivity index (χ0) is 25.0. The molecule has 0 aromatic heterocycles. The Kier molecular flexibility index (Phi) is 8.47. The van der Waals surface area contributed by atoms with Gasteiger partial charge >= 0.3 is 11.9 Å². The molecule has 184 valence electrons. The van der Waals surface area contributed by atoms with Crippen LogP contribution in [0.5, 0.6) is 0 Å². The summed E-state index contributed by atoms with van der Waals surface area (Å²) >= 11 is 1.49. The Labute approximate surface area is 207 Å². The minimum atomic E-state index is -0.535. The van der Waals surface area contributed by atoms with Gasteiger partial charge in [-0.2, -0.15) is 0 Å². The predicted molar refractivity (Wildman–Crippen MR) is 136 cm³/mol. The van der Waals surface area contributed by atoms with Crippen LogP contribution in [0, 0.1) is 6.92 Å². The fourth-order valence-electron chi connectivity index (χ4n) is 4.33. The molecule has 0 spiro atoms. The second-order valence-electron chi connectivity index (χ2n) is 10.0. The van der Waals surface area contributed by atoms with Gasteiger partial charge in [0.1, 0.15) is 23.7 Å². The number of ether oxygens (including phenoxy) is 3. The van der Waals surface area contributed by atoms with Crippen molar-refractivity contribution in [3.05, 3.63) is 70.3 Å². The molecule has 0 unspecified atom stereocenters. The number of carbonyl (C=O) groups excluding carboxylic acids is 2. The van der Waals surface area contributed by atoms with Crippen molar-refractivity contribution in [3.8, 4) is 0 Å². The normalized spacial score (nSPS) is 22.8. The van der Waals surface area contributed by atoms with E-state index in [2.05, 4.69) is 64.1 Å². The van der Waals surface area contributed by atoms with Gasteiger partial charge in [0.2, 0.25) is 0 Å². The lowest BCUT2D eigenvalue weighted by atomic mass is 9.86. The van der Waals surface area contributed by atoms with E-state index in [1.54, 1.807) is 0 Å². The molecular weight excluding hydrogens is 448 g/mol. The van der Waals surface area contributed by atoms with Crippen LogP contribution in [0.15, 0.2) is 42.5 Å². The van der Waals surface area contributed by atoms with Crippen molar-refractivity contribution in [1.29, 1.82) is 0 Å². The predicted octanol–water partition coefficient (Wildman–Crippen LogP) is 5.90.